The number of hydrogen-bond donors (Lipinski definition) is 1. The number of aliphatic hydroxyl groups excluding tert-OH is 1. The molecule has 0 amide bonds. The first-order valence-electron chi connectivity index (χ1n) is 10.4. The smallest absolute Gasteiger partial charge is 0.0593 e. The van der Waals surface area contributed by atoms with Crippen LogP contribution >= 0.6 is 0 Å². The van der Waals surface area contributed by atoms with E-state index in [0.717, 1.165) is 26.2 Å². The van der Waals surface area contributed by atoms with E-state index in [9.17, 15) is 5.11 Å². The summed E-state index contributed by atoms with van der Waals surface area (Å²) in [7, 11) is 0. The molecule has 0 unspecified atom stereocenters. The van der Waals surface area contributed by atoms with Gasteiger partial charge in [-0.05, 0) is 28.8 Å². The van der Waals surface area contributed by atoms with Gasteiger partial charge in [0, 0.05) is 50.5 Å². The topological polar surface area (TPSA) is 39.6 Å². The van der Waals surface area contributed by atoms with Gasteiger partial charge in [-0.15, -0.1) is 0 Å². The third-order valence-electron chi connectivity index (χ3n) is 6.63. The maximum absolute atomic E-state index is 10.3. The van der Waals surface area contributed by atoms with E-state index in [1.807, 2.05) is 12.4 Å². The van der Waals surface area contributed by atoms with Crippen molar-refractivity contribution in [1.29, 1.82) is 0 Å². The van der Waals surface area contributed by atoms with E-state index in [1.165, 1.54) is 16.7 Å². The molecule has 1 aromatic heterocycles. The van der Waals surface area contributed by atoms with E-state index in [0.29, 0.717) is 5.92 Å². The second-order valence-electron chi connectivity index (χ2n) is 8.36. The van der Waals surface area contributed by atoms with Gasteiger partial charge in [0.15, 0.2) is 0 Å². The van der Waals surface area contributed by atoms with Crippen molar-refractivity contribution >= 4 is 0 Å². The SMILES string of the molecule is OC[C@H]1[C@@H](c2ccccc2)C2(CN(Cc3ccccc3)C2)N1Cc1ccncc1. The minimum atomic E-state index is 0.0901. The quantitative estimate of drug-likeness (QED) is 0.707. The summed E-state index contributed by atoms with van der Waals surface area (Å²) in [5, 5.41) is 10.3. The zero-order chi connectivity index (χ0) is 19.7. The molecular weight excluding hydrogens is 358 g/mol. The molecule has 0 radical (unpaired) electrons. The molecule has 0 aliphatic carbocycles. The molecule has 2 fully saturated rings. The lowest BCUT2D eigenvalue weighted by molar-refractivity contribution is -0.197. The van der Waals surface area contributed by atoms with E-state index < -0.39 is 0 Å². The van der Waals surface area contributed by atoms with Crippen LogP contribution in [0, 0.1) is 0 Å². The average molecular weight is 386 g/mol. The maximum Gasteiger partial charge on any atom is 0.0593 e. The molecule has 148 valence electrons. The highest BCUT2D eigenvalue weighted by Crippen LogP contribution is 2.54. The largest absolute Gasteiger partial charge is 0.395 e. The van der Waals surface area contributed by atoms with Crippen molar-refractivity contribution in [2.24, 2.45) is 0 Å². The lowest BCUT2D eigenvalue weighted by atomic mass is 9.60. The third-order valence-corrected chi connectivity index (χ3v) is 6.63. The normalized spacial score (nSPS) is 23.5. The summed E-state index contributed by atoms with van der Waals surface area (Å²) in [5.74, 6) is 0.363. The third kappa shape index (κ3) is 3.27. The van der Waals surface area contributed by atoms with Crippen molar-refractivity contribution in [1.82, 2.24) is 14.8 Å². The van der Waals surface area contributed by atoms with Crippen LogP contribution in [0.2, 0.25) is 0 Å². The lowest BCUT2D eigenvalue weighted by Crippen LogP contribution is -2.83. The standard InChI is InChI=1S/C25H27N3O/c29-17-23-24(22-9-5-2-6-10-22)25(28(23)16-21-11-13-26-14-12-21)18-27(19-25)15-20-7-3-1-4-8-20/h1-14,23-24,29H,15-19H2/t23-,24+/m0/s1. The molecule has 0 saturated carbocycles. The molecule has 1 spiro atoms. The minimum absolute atomic E-state index is 0.0901. The van der Waals surface area contributed by atoms with Crippen LogP contribution in [0.5, 0.6) is 0 Å². The Balaban J connectivity index is 1.40. The van der Waals surface area contributed by atoms with Crippen molar-refractivity contribution in [2.75, 3.05) is 19.7 Å². The molecule has 0 bridgehead atoms. The van der Waals surface area contributed by atoms with E-state index in [1.54, 1.807) is 0 Å². The van der Waals surface area contributed by atoms with Gasteiger partial charge in [-0.3, -0.25) is 14.8 Å². The van der Waals surface area contributed by atoms with E-state index in [2.05, 4.69) is 87.6 Å². The summed E-state index contributed by atoms with van der Waals surface area (Å²) in [6.07, 6.45) is 3.71. The fraction of sp³-hybridized carbons (Fsp3) is 0.320. The Morgan fingerprint density at radius 3 is 2.10 bits per heavy atom. The maximum atomic E-state index is 10.3. The van der Waals surface area contributed by atoms with Crippen LogP contribution in [0.25, 0.3) is 0 Å². The van der Waals surface area contributed by atoms with Crippen LogP contribution in [-0.4, -0.2) is 51.2 Å². The zero-order valence-corrected chi connectivity index (χ0v) is 16.6. The highest BCUT2D eigenvalue weighted by molar-refractivity contribution is 5.36. The molecule has 3 aromatic rings. The molecule has 2 aliphatic rings. The van der Waals surface area contributed by atoms with Gasteiger partial charge in [-0.1, -0.05) is 60.7 Å². The summed E-state index contributed by atoms with van der Waals surface area (Å²) in [6.45, 7) is 4.09. The Hall–Kier alpha value is -2.53. The molecule has 29 heavy (non-hydrogen) atoms. The number of pyridine rings is 1. The van der Waals surface area contributed by atoms with Crippen LogP contribution in [0.15, 0.2) is 85.2 Å². The van der Waals surface area contributed by atoms with Gasteiger partial charge in [0.05, 0.1) is 12.1 Å². The molecule has 2 aliphatic heterocycles. The van der Waals surface area contributed by atoms with Crippen molar-refractivity contribution in [3.63, 3.8) is 0 Å². The molecule has 2 saturated heterocycles. The van der Waals surface area contributed by atoms with Crippen molar-refractivity contribution < 1.29 is 5.11 Å². The van der Waals surface area contributed by atoms with Crippen molar-refractivity contribution in [2.45, 2.75) is 30.6 Å². The Kier molecular flexibility index (Phi) is 4.92. The predicted molar refractivity (Wildman–Crippen MR) is 114 cm³/mol. The van der Waals surface area contributed by atoms with Crippen LogP contribution in [0.4, 0.5) is 0 Å². The Labute approximate surface area is 172 Å². The van der Waals surface area contributed by atoms with Gasteiger partial charge in [0.1, 0.15) is 0 Å². The lowest BCUT2D eigenvalue weighted by Gasteiger charge is -2.71. The molecule has 2 aromatic carbocycles. The van der Waals surface area contributed by atoms with E-state index in [-0.39, 0.29) is 18.2 Å². The first-order chi connectivity index (χ1) is 14.3. The zero-order valence-electron chi connectivity index (χ0n) is 16.6. The average Bonchev–Trinajstić information content (AvgIpc) is 2.75. The van der Waals surface area contributed by atoms with Gasteiger partial charge in [0.25, 0.3) is 0 Å². The van der Waals surface area contributed by atoms with Crippen molar-refractivity contribution in [3.8, 4) is 0 Å². The molecular formula is C25H27N3O. The van der Waals surface area contributed by atoms with E-state index >= 15 is 0 Å². The highest BCUT2D eigenvalue weighted by atomic mass is 16.3. The molecule has 2 atom stereocenters. The summed E-state index contributed by atoms with van der Waals surface area (Å²) in [4.78, 5) is 9.21. The van der Waals surface area contributed by atoms with Gasteiger partial charge < -0.3 is 5.11 Å². The summed E-state index contributed by atoms with van der Waals surface area (Å²) >= 11 is 0. The number of hydrogen-bond acceptors (Lipinski definition) is 4. The Morgan fingerprint density at radius 2 is 1.45 bits per heavy atom. The van der Waals surface area contributed by atoms with Gasteiger partial charge in [0.2, 0.25) is 0 Å². The molecule has 4 nitrogen and oxygen atoms in total. The molecule has 4 heteroatoms. The number of aliphatic hydroxyl groups is 1. The number of rotatable bonds is 6. The van der Waals surface area contributed by atoms with Crippen LogP contribution in [0.3, 0.4) is 0 Å². The number of nitrogens with zero attached hydrogens (tertiary/aromatic N) is 3. The highest BCUT2D eigenvalue weighted by Gasteiger charge is 2.65. The number of benzene rings is 2. The van der Waals surface area contributed by atoms with Crippen LogP contribution in [0.1, 0.15) is 22.6 Å². The fourth-order valence-corrected chi connectivity index (χ4v) is 5.38. The predicted octanol–water partition coefficient (Wildman–Crippen LogP) is 3.30. The van der Waals surface area contributed by atoms with Crippen LogP contribution < -0.4 is 0 Å². The Morgan fingerprint density at radius 1 is 0.828 bits per heavy atom. The molecule has 5 rings (SSSR count). The molecule has 3 heterocycles. The van der Waals surface area contributed by atoms with Crippen molar-refractivity contribution in [3.05, 3.63) is 102 Å². The monoisotopic (exact) mass is 385 g/mol. The number of aromatic nitrogens is 1. The Bertz CT molecular complexity index is 926. The number of likely N-dealkylation sites (tertiary alicyclic amines) is 2. The summed E-state index contributed by atoms with van der Waals surface area (Å²) in [5.41, 5.74) is 4.05. The summed E-state index contributed by atoms with van der Waals surface area (Å²) < 4.78 is 0. The summed E-state index contributed by atoms with van der Waals surface area (Å²) in [6, 6.07) is 25.8. The first-order valence-corrected chi connectivity index (χ1v) is 10.4. The second kappa shape index (κ2) is 7.71. The van der Waals surface area contributed by atoms with Crippen LogP contribution in [-0.2, 0) is 13.1 Å². The van der Waals surface area contributed by atoms with E-state index in [4.69, 9.17) is 0 Å². The molecule has 1 N–H and O–H groups in total. The van der Waals surface area contributed by atoms with Gasteiger partial charge in [-0.25, -0.2) is 0 Å². The van der Waals surface area contributed by atoms with Gasteiger partial charge in [-0.2, -0.15) is 0 Å². The second-order valence-corrected chi connectivity index (χ2v) is 8.36. The first kappa shape index (κ1) is 18.5. The van der Waals surface area contributed by atoms with Gasteiger partial charge >= 0.3 is 0 Å². The minimum Gasteiger partial charge on any atom is -0.395 e. The fourth-order valence-electron chi connectivity index (χ4n) is 5.38.